The monoisotopic (exact) mass is 309 g/mol. The molecule has 0 saturated heterocycles. The summed E-state index contributed by atoms with van der Waals surface area (Å²) in [5, 5.41) is 9.21. The van der Waals surface area contributed by atoms with Gasteiger partial charge in [0, 0.05) is 11.8 Å². The van der Waals surface area contributed by atoms with E-state index in [9.17, 15) is 13.5 Å². The SMILES string of the molecule is COc1ccc(OC)c(S(=O)(=O)Nc2ccc(O)cc2)c1. The van der Waals surface area contributed by atoms with E-state index in [0.29, 0.717) is 11.4 Å². The Morgan fingerprint density at radius 1 is 1.00 bits per heavy atom. The molecule has 21 heavy (non-hydrogen) atoms. The lowest BCUT2D eigenvalue weighted by Crippen LogP contribution is -2.14. The lowest BCUT2D eigenvalue weighted by molar-refractivity contribution is 0.392. The highest BCUT2D eigenvalue weighted by molar-refractivity contribution is 7.92. The summed E-state index contributed by atoms with van der Waals surface area (Å²) >= 11 is 0. The normalized spacial score (nSPS) is 11.0. The van der Waals surface area contributed by atoms with E-state index in [1.165, 1.54) is 50.6 Å². The number of hydrogen-bond donors (Lipinski definition) is 2. The largest absolute Gasteiger partial charge is 0.508 e. The van der Waals surface area contributed by atoms with Crippen LogP contribution in [-0.4, -0.2) is 27.7 Å². The van der Waals surface area contributed by atoms with E-state index in [0.717, 1.165) is 0 Å². The van der Waals surface area contributed by atoms with E-state index in [1.54, 1.807) is 6.07 Å². The lowest BCUT2D eigenvalue weighted by atomic mass is 10.3. The summed E-state index contributed by atoms with van der Waals surface area (Å²) in [5.74, 6) is 0.667. The van der Waals surface area contributed by atoms with E-state index in [1.807, 2.05) is 0 Å². The minimum Gasteiger partial charge on any atom is -0.508 e. The summed E-state index contributed by atoms with van der Waals surface area (Å²) in [6.45, 7) is 0. The average molecular weight is 309 g/mol. The Morgan fingerprint density at radius 3 is 2.24 bits per heavy atom. The number of benzene rings is 2. The number of sulfonamides is 1. The second-order valence-electron chi connectivity index (χ2n) is 4.17. The van der Waals surface area contributed by atoms with Crippen molar-refractivity contribution in [2.75, 3.05) is 18.9 Å². The number of rotatable bonds is 5. The maximum absolute atomic E-state index is 12.4. The molecule has 0 heterocycles. The van der Waals surface area contributed by atoms with Gasteiger partial charge < -0.3 is 14.6 Å². The van der Waals surface area contributed by atoms with Gasteiger partial charge in [-0.2, -0.15) is 0 Å². The summed E-state index contributed by atoms with van der Waals surface area (Å²) in [4.78, 5) is -0.0302. The smallest absolute Gasteiger partial charge is 0.265 e. The van der Waals surface area contributed by atoms with Crippen molar-refractivity contribution >= 4 is 15.7 Å². The van der Waals surface area contributed by atoms with Crippen LogP contribution in [0, 0.1) is 0 Å². The highest BCUT2D eigenvalue weighted by Crippen LogP contribution is 2.29. The van der Waals surface area contributed by atoms with Crippen LogP contribution in [0.25, 0.3) is 0 Å². The Bertz CT molecular complexity index is 726. The molecule has 2 aromatic rings. The van der Waals surface area contributed by atoms with Gasteiger partial charge in [0.25, 0.3) is 10.0 Å². The average Bonchev–Trinajstić information content (AvgIpc) is 2.48. The molecule has 0 aromatic heterocycles. The van der Waals surface area contributed by atoms with Gasteiger partial charge in [-0.3, -0.25) is 4.72 Å². The maximum Gasteiger partial charge on any atom is 0.265 e. The molecule has 0 spiro atoms. The zero-order valence-electron chi connectivity index (χ0n) is 11.5. The molecule has 0 unspecified atom stereocenters. The van der Waals surface area contributed by atoms with E-state index in [-0.39, 0.29) is 16.4 Å². The van der Waals surface area contributed by atoms with Crippen LogP contribution in [-0.2, 0) is 10.0 Å². The maximum atomic E-state index is 12.4. The zero-order valence-corrected chi connectivity index (χ0v) is 12.3. The van der Waals surface area contributed by atoms with Gasteiger partial charge in [0.05, 0.1) is 14.2 Å². The number of aromatic hydroxyl groups is 1. The summed E-state index contributed by atoms with van der Waals surface area (Å²) in [5.41, 5.74) is 0.331. The minimum absolute atomic E-state index is 0.0302. The molecule has 2 N–H and O–H groups in total. The van der Waals surface area contributed by atoms with Gasteiger partial charge >= 0.3 is 0 Å². The van der Waals surface area contributed by atoms with Crippen LogP contribution in [0.1, 0.15) is 0 Å². The molecular formula is C14H15NO5S. The van der Waals surface area contributed by atoms with Gasteiger partial charge in [-0.25, -0.2) is 8.42 Å². The summed E-state index contributed by atoms with van der Waals surface area (Å²) < 4.78 is 37.4. The molecule has 0 fully saturated rings. The zero-order chi connectivity index (χ0) is 15.5. The molecule has 0 aliphatic carbocycles. The Labute approximate surface area is 123 Å². The first kappa shape index (κ1) is 15.0. The van der Waals surface area contributed by atoms with Gasteiger partial charge in [0.15, 0.2) is 0 Å². The molecule has 0 bridgehead atoms. The predicted octanol–water partition coefficient (Wildman–Crippen LogP) is 2.21. The quantitative estimate of drug-likeness (QED) is 0.827. The van der Waals surface area contributed by atoms with Crippen molar-refractivity contribution in [3.05, 3.63) is 42.5 Å². The van der Waals surface area contributed by atoms with Crippen molar-refractivity contribution in [1.82, 2.24) is 0 Å². The van der Waals surface area contributed by atoms with Gasteiger partial charge in [-0.05, 0) is 36.4 Å². The molecular weight excluding hydrogens is 294 g/mol. The number of anilines is 1. The number of nitrogens with one attached hydrogen (secondary N) is 1. The molecule has 0 atom stereocenters. The van der Waals surface area contributed by atoms with Gasteiger partial charge in [0.1, 0.15) is 22.1 Å². The van der Waals surface area contributed by atoms with Crippen LogP contribution in [0.5, 0.6) is 17.2 Å². The van der Waals surface area contributed by atoms with Crippen molar-refractivity contribution in [3.8, 4) is 17.2 Å². The van der Waals surface area contributed by atoms with Crippen molar-refractivity contribution in [2.45, 2.75) is 4.90 Å². The first-order valence-electron chi connectivity index (χ1n) is 6.00. The van der Waals surface area contributed by atoms with E-state index in [4.69, 9.17) is 9.47 Å². The molecule has 0 aliphatic heterocycles. The third kappa shape index (κ3) is 3.38. The topological polar surface area (TPSA) is 84.9 Å². The third-order valence-corrected chi connectivity index (χ3v) is 4.18. The molecule has 2 aromatic carbocycles. The first-order valence-corrected chi connectivity index (χ1v) is 7.48. The van der Waals surface area contributed by atoms with Crippen molar-refractivity contribution in [2.24, 2.45) is 0 Å². The Kier molecular flexibility index (Phi) is 4.23. The van der Waals surface area contributed by atoms with Crippen LogP contribution < -0.4 is 14.2 Å². The summed E-state index contributed by atoms with van der Waals surface area (Å²) in [6.07, 6.45) is 0. The molecule has 0 radical (unpaired) electrons. The van der Waals surface area contributed by atoms with Crippen LogP contribution in [0.2, 0.25) is 0 Å². The molecule has 112 valence electrons. The van der Waals surface area contributed by atoms with Crippen molar-refractivity contribution < 1.29 is 23.0 Å². The predicted molar refractivity (Wildman–Crippen MR) is 78.5 cm³/mol. The van der Waals surface area contributed by atoms with Crippen LogP contribution in [0.4, 0.5) is 5.69 Å². The number of hydrogen-bond acceptors (Lipinski definition) is 5. The molecule has 6 nitrogen and oxygen atoms in total. The minimum atomic E-state index is -3.84. The number of phenolic OH excluding ortho intramolecular Hbond substituents is 1. The Morgan fingerprint density at radius 2 is 1.67 bits per heavy atom. The first-order chi connectivity index (χ1) is 9.96. The molecule has 7 heteroatoms. The molecule has 0 amide bonds. The van der Waals surface area contributed by atoms with Crippen LogP contribution >= 0.6 is 0 Å². The summed E-state index contributed by atoms with van der Waals surface area (Å²) in [6, 6.07) is 10.2. The van der Waals surface area contributed by atoms with E-state index in [2.05, 4.69) is 4.72 Å². The number of phenols is 1. The standard InChI is InChI=1S/C14H15NO5S/c1-19-12-7-8-13(20-2)14(9-12)21(17,18)15-10-3-5-11(16)6-4-10/h3-9,15-16H,1-2H3. The highest BCUT2D eigenvalue weighted by Gasteiger charge is 2.20. The van der Waals surface area contributed by atoms with Gasteiger partial charge in [-0.1, -0.05) is 0 Å². The van der Waals surface area contributed by atoms with Crippen LogP contribution in [0.15, 0.2) is 47.4 Å². The fraction of sp³-hybridized carbons (Fsp3) is 0.143. The van der Waals surface area contributed by atoms with Crippen molar-refractivity contribution in [3.63, 3.8) is 0 Å². The Balaban J connectivity index is 2.41. The fourth-order valence-corrected chi connectivity index (χ4v) is 2.98. The fourth-order valence-electron chi connectivity index (χ4n) is 1.73. The second-order valence-corrected chi connectivity index (χ2v) is 5.82. The van der Waals surface area contributed by atoms with Crippen LogP contribution in [0.3, 0.4) is 0 Å². The number of ether oxygens (including phenoxy) is 2. The van der Waals surface area contributed by atoms with Crippen molar-refractivity contribution in [1.29, 1.82) is 0 Å². The summed E-state index contributed by atoms with van der Waals surface area (Å²) in [7, 11) is -0.998. The van der Waals surface area contributed by atoms with E-state index < -0.39 is 10.0 Å². The van der Waals surface area contributed by atoms with Gasteiger partial charge in [-0.15, -0.1) is 0 Å². The molecule has 2 rings (SSSR count). The second kappa shape index (κ2) is 5.92. The number of methoxy groups -OCH3 is 2. The lowest BCUT2D eigenvalue weighted by Gasteiger charge is -2.12. The van der Waals surface area contributed by atoms with E-state index >= 15 is 0 Å². The molecule has 0 aliphatic rings. The highest BCUT2D eigenvalue weighted by atomic mass is 32.2. The third-order valence-electron chi connectivity index (χ3n) is 2.78. The molecule has 0 saturated carbocycles. The van der Waals surface area contributed by atoms with Gasteiger partial charge in [0.2, 0.25) is 0 Å². The Hall–Kier alpha value is -2.41.